The number of nitrogens with two attached hydrogens (primary N) is 1. The predicted octanol–water partition coefficient (Wildman–Crippen LogP) is 2.53. The lowest BCUT2D eigenvalue weighted by atomic mass is 10.0. The van der Waals surface area contributed by atoms with Crippen LogP contribution in [0.2, 0.25) is 0 Å². The molecule has 1 heterocycles. The smallest absolute Gasteiger partial charge is 0.161 e. The quantitative estimate of drug-likeness (QED) is 0.614. The first-order chi connectivity index (χ1) is 7.66. The highest BCUT2D eigenvalue weighted by Crippen LogP contribution is 2.21. The van der Waals surface area contributed by atoms with Crippen LogP contribution in [0, 0.1) is 0 Å². The average molecular weight is 212 g/mol. The Bertz CT molecular complexity index is 535. The summed E-state index contributed by atoms with van der Waals surface area (Å²) in [6, 6.07) is 9.33. The SMILES string of the molecule is CC(=O)c1cncc(-c2cccc(N)c2)c1. The molecule has 0 unspecified atom stereocenters. The molecule has 1 aromatic carbocycles. The van der Waals surface area contributed by atoms with E-state index in [4.69, 9.17) is 5.73 Å². The summed E-state index contributed by atoms with van der Waals surface area (Å²) in [6.45, 7) is 1.53. The first-order valence-electron chi connectivity index (χ1n) is 4.99. The molecule has 0 aliphatic rings. The van der Waals surface area contributed by atoms with E-state index in [0.717, 1.165) is 11.1 Å². The second-order valence-corrected chi connectivity index (χ2v) is 3.64. The van der Waals surface area contributed by atoms with E-state index in [1.54, 1.807) is 12.4 Å². The first-order valence-corrected chi connectivity index (χ1v) is 4.99. The number of ketones is 1. The summed E-state index contributed by atoms with van der Waals surface area (Å²) in [5.41, 5.74) is 8.89. The standard InChI is InChI=1S/C13H12N2O/c1-9(16)11-5-12(8-15-7-11)10-3-2-4-13(14)6-10/h2-8H,14H2,1H3. The Balaban J connectivity index is 2.48. The third kappa shape index (κ3) is 2.08. The normalized spacial score (nSPS) is 10.1. The Labute approximate surface area is 93.9 Å². The second kappa shape index (κ2) is 4.14. The molecule has 2 aromatic rings. The van der Waals surface area contributed by atoms with Gasteiger partial charge in [-0.3, -0.25) is 9.78 Å². The highest BCUT2D eigenvalue weighted by atomic mass is 16.1. The highest BCUT2D eigenvalue weighted by molar-refractivity contribution is 5.94. The van der Waals surface area contributed by atoms with Gasteiger partial charge in [0.25, 0.3) is 0 Å². The summed E-state index contributed by atoms with van der Waals surface area (Å²) < 4.78 is 0. The first kappa shape index (κ1) is 10.4. The molecule has 0 radical (unpaired) electrons. The molecule has 0 amide bonds. The number of hydrogen-bond acceptors (Lipinski definition) is 3. The number of carbonyl (C=O) groups is 1. The topological polar surface area (TPSA) is 56.0 Å². The van der Waals surface area contributed by atoms with Crippen molar-refractivity contribution in [3.63, 3.8) is 0 Å². The Hall–Kier alpha value is -2.16. The summed E-state index contributed by atoms with van der Waals surface area (Å²) in [6.07, 6.45) is 3.29. The van der Waals surface area contributed by atoms with Crippen LogP contribution in [-0.4, -0.2) is 10.8 Å². The number of hydrogen-bond donors (Lipinski definition) is 1. The van der Waals surface area contributed by atoms with Crippen molar-refractivity contribution in [2.24, 2.45) is 0 Å². The summed E-state index contributed by atoms with van der Waals surface area (Å²) in [7, 11) is 0. The van der Waals surface area contributed by atoms with Crippen LogP contribution in [0.25, 0.3) is 11.1 Å². The molecule has 16 heavy (non-hydrogen) atoms. The van der Waals surface area contributed by atoms with E-state index in [-0.39, 0.29) is 5.78 Å². The number of rotatable bonds is 2. The molecule has 0 spiro atoms. The van der Waals surface area contributed by atoms with E-state index in [1.807, 2.05) is 30.3 Å². The van der Waals surface area contributed by atoms with Crippen molar-refractivity contribution in [1.29, 1.82) is 0 Å². The van der Waals surface area contributed by atoms with Crippen LogP contribution in [0.3, 0.4) is 0 Å². The fraction of sp³-hybridized carbons (Fsp3) is 0.0769. The number of nitrogens with zero attached hydrogens (tertiary/aromatic N) is 1. The van der Waals surface area contributed by atoms with Crippen molar-refractivity contribution in [3.8, 4) is 11.1 Å². The number of carbonyl (C=O) groups excluding carboxylic acids is 1. The van der Waals surface area contributed by atoms with Crippen LogP contribution in [-0.2, 0) is 0 Å². The number of aromatic nitrogens is 1. The maximum atomic E-state index is 11.2. The zero-order chi connectivity index (χ0) is 11.5. The van der Waals surface area contributed by atoms with Gasteiger partial charge in [-0.15, -0.1) is 0 Å². The van der Waals surface area contributed by atoms with E-state index in [0.29, 0.717) is 11.3 Å². The van der Waals surface area contributed by atoms with Crippen LogP contribution < -0.4 is 5.73 Å². The lowest BCUT2D eigenvalue weighted by Gasteiger charge is -2.03. The minimum absolute atomic E-state index is 0.0123. The largest absolute Gasteiger partial charge is 0.399 e. The minimum Gasteiger partial charge on any atom is -0.399 e. The lowest BCUT2D eigenvalue weighted by Crippen LogP contribution is -1.94. The van der Waals surface area contributed by atoms with Gasteiger partial charge in [0.2, 0.25) is 0 Å². The maximum Gasteiger partial charge on any atom is 0.161 e. The summed E-state index contributed by atoms with van der Waals surface area (Å²) in [5.74, 6) is 0.0123. The van der Waals surface area contributed by atoms with Gasteiger partial charge < -0.3 is 5.73 Å². The van der Waals surface area contributed by atoms with Gasteiger partial charge in [0.15, 0.2) is 5.78 Å². The van der Waals surface area contributed by atoms with Gasteiger partial charge in [-0.25, -0.2) is 0 Å². The fourth-order valence-electron chi connectivity index (χ4n) is 1.51. The molecule has 3 nitrogen and oxygen atoms in total. The molecule has 0 aliphatic carbocycles. The predicted molar refractivity (Wildman–Crippen MR) is 64.1 cm³/mol. The van der Waals surface area contributed by atoms with Gasteiger partial charge in [0.1, 0.15) is 0 Å². The third-order valence-electron chi connectivity index (χ3n) is 2.36. The molecule has 0 saturated heterocycles. The van der Waals surface area contributed by atoms with Gasteiger partial charge in [-0.2, -0.15) is 0 Å². The Morgan fingerprint density at radius 1 is 1.19 bits per heavy atom. The third-order valence-corrected chi connectivity index (χ3v) is 2.36. The number of anilines is 1. The van der Waals surface area contributed by atoms with Crippen molar-refractivity contribution in [2.75, 3.05) is 5.73 Å². The Morgan fingerprint density at radius 3 is 2.69 bits per heavy atom. The van der Waals surface area contributed by atoms with Crippen LogP contribution in [0.4, 0.5) is 5.69 Å². The number of Topliss-reactive ketones (excluding diaryl/α,β-unsaturated/α-hetero) is 1. The van der Waals surface area contributed by atoms with Crippen molar-refractivity contribution in [3.05, 3.63) is 48.3 Å². The van der Waals surface area contributed by atoms with Gasteiger partial charge in [0, 0.05) is 29.2 Å². The van der Waals surface area contributed by atoms with E-state index in [9.17, 15) is 4.79 Å². The lowest BCUT2D eigenvalue weighted by molar-refractivity contribution is 0.101. The molecule has 0 bridgehead atoms. The van der Waals surface area contributed by atoms with Crippen molar-refractivity contribution in [2.45, 2.75) is 6.92 Å². The van der Waals surface area contributed by atoms with Crippen LogP contribution in [0.5, 0.6) is 0 Å². The fourth-order valence-corrected chi connectivity index (χ4v) is 1.51. The molecular weight excluding hydrogens is 200 g/mol. The minimum atomic E-state index is 0.0123. The Kier molecular flexibility index (Phi) is 2.68. The maximum absolute atomic E-state index is 11.2. The van der Waals surface area contributed by atoms with Crippen LogP contribution in [0.1, 0.15) is 17.3 Å². The molecule has 0 aliphatic heterocycles. The van der Waals surface area contributed by atoms with Crippen molar-refractivity contribution >= 4 is 11.5 Å². The summed E-state index contributed by atoms with van der Waals surface area (Å²) in [4.78, 5) is 15.3. The Morgan fingerprint density at radius 2 is 2.00 bits per heavy atom. The van der Waals surface area contributed by atoms with Gasteiger partial charge in [-0.05, 0) is 30.7 Å². The molecule has 3 heteroatoms. The number of nitrogen functional groups attached to an aromatic ring is 1. The summed E-state index contributed by atoms with van der Waals surface area (Å²) in [5, 5.41) is 0. The molecule has 80 valence electrons. The number of benzene rings is 1. The van der Waals surface area contributed by atoms with Gasteiger partial charge in [0.05, 0.1) is 0 Å². The van der Waals surface area contributed by atoms with Gasteiger partial charge >= 0.3 is 0 Å². The van der Waals surface area contributed by atoms with Crippen molar-refractivity contribution < 1.29 is 4.79 Å². The molecule has 0 atom stereocenters. The van der Waals surface area contributed by atoms with E-state index >= 15 is 0 Å². The average Bonchev–Trinajstić information content (AvgIpc) is 2.29. The van der Waals surface area contributed by atoms with Crippen LogP contribution >= 0.6 is 0 Å². The molecule has 0 saturated carbocycles. The summed E-state index contributed by atoms with van der Waals surface area (Å²) >= 11 is 0. The zero-order valence-corrected chi connectivity index (χ0v) is 8.97. The monoisotopic (exact) mass is 212 g/mol. The van der Waals surface area contributed by atoms with Crippen molar-refractivity contribution in [1.82, 2.24) is 4.98 Å². The second-order valence-electron chi connectivity index (χ2n) is 3.64. The van der Waals surface area contributed by atoms with Crippen LogP contribution in [0.15, 0.2) is 42.7 Å². The molecule has 2 rings (SSSR count). The molecule has 2 N–H and O–H groups in total. The van der Waals surface area contributed by atoms with Gasteiger partial charge in [-0.1, -0.05) is 12.1 Å². The zero-order valence-electron chi connectivity index (χ0n) is 8.97. The van der Waals surface area contributed by atoms with E-state index in [2.05, 4.69) is 4.98 Å². The van der Waals surface area contributed by atoms with E-state index < -0.39 is 0 Å². The molecular formula is C13H12N2O. The number of pyridine rings is 1. The molecule has 1 aromatic heterocycles. The molecule has 0 fully saturated rings. The highest BCUT2D eigenvalue weighted by Gasteiger charge is 2.03. The van der Waals surface area contributed by atoms with E-state index in [1.165, 1.54) is 6.92 Å².